The Bertz CT molecular complexity index is 428. The Labute approximate surface area is 112 Å². The van der Waals surface area contributed by atoms with Crippen LogP contribution >= 0.6 is 11.3 Å². The van der Waals surface area contributed by atoms with E-state index in [0.717, 1.165) is 32.6 Å². The minimum absolute atomic E-state index is 0.744. The summed E-state index contributed by atoms with van der Waals surface area (Å²) in [5.41, 5.74) is 8.84. The SMILES string of the molecule is NCCCN(Cc1ccccc1)Cc1cncs1. The number of hydrogen-bond acceptors (Lipinski definition) is 4. The van der Waals surface area contributed by atoms with E-state index >= 15 is 0 Å². The van der Waals surface area contributed by atoms with Gasteiger partial charge in [0.1, 0.15) is 0 Å². The number of nitrogens with two attached hydrogens (primary N) is 1. The fourth-order valence-electron chi connectivity index (χ4n) is 1.91. The van der Waals surface area contributed by atoms with Crippen LogP contribution in [0.5, 0.6) is 0 Å². The Morgan fingerprint density at radius 2 is 2.00 bits per heavy atom. The van der Waals surface area contributed by atoms with Crippen LogP contribution in [0.15, 0.2) is 42.0 Å². The van der Waals surface area contributed by atoms with Crippen molar-refractivity contribution in [1.82, 2.24) is 9.88 Å². The van der Waals surface area contributed by atoms with E-state index in [1.165, 1.54) is 10.4 Å². The van der Waals surface area contributed by atoms with Crippen molar-refractivity contribution in [2.45, 2.75) is 19.5 Å². The summed E-state index contributed by atoms with van der Waals surface area (Å²) in [4.78, 5) is 7.86. The number of rotatable bonds is 7. The van der Waals surface area contributed by atoms with Crippen molar-refractivity contribution in [2.75, 3.05) is 13.1 Å². The molecule has 0 atom stereocenters. The zero-order valence-corrected chi connectivity index (χ0v) is 11.3. The Kier molecular flexibility index (Phi) is 5.33. The molecule has 4 heteroatoms. The maximum Gasteiger partial charge on any atom is 0.0794 e. The van der Waals surface area contributed by atoms with Crippen LogP contribution in [0.3, 0.4) is 0 Å². The third-order valence-electron chi connectivity index (χ3n) is 2.79. The lowest BCUT2D eigenvalue weighted by atomic mass is 10.2. The molecule has 0 amide bonds. The summed E-state index contributed by atoms with van der Waals surface area (Å²) in [7, 11) is 0. The van der Waals surface area contributed by atoms with Crippen LogP contribution in [0, 0.1) is 0 Å². The van der Waals surface area contributed by atoms with Crippen LogP contribution in [0.2, 0.25) is 0 Å². The largest absolute Gasteiger partial charge is 0.330 e. The molecule has 0 aliphatic heterocycles. The first-order valence-electron chi connectivity index (χ1n) is 6.22. The Morgan fingerprint density at radius 3 is 2.67 bits per heavy atom. The van der Waals surface area contributed by atoms with Gasteiger partial charge in [0.25, 0.3) is 0 Å². The zero-order chi connectivity index (χ0) is 12.6. The third kappa shape index (κ3) is 4.22. The highest BCUT2D eigenvalue weighted by Crippen LogP contribution is 2.13. The molecule has 1 aromatic carbocycles. The second-order valence-electron chi connectivity index (χ2n) is 4.31. The number of benzene rings is 1. The fourth-order valence-corrected chi connectivity index (χ4v) is 2.55. The lowest BCUT2D eigenvalue weighted by Gasteiger charge is -2.21. The molecule has 2 N–H and O–H groups in total. The fraction of sp³-hybridized carbons (Fsp3) is 0.357. The van der Waals surface area contributed by atoms with Crippen molar-refractivity contribution >= 4 is 11.3 Å². The molecular weight excluding hydrogens is 242 g/mol. The standard InChI is InChI=1S/C14H19N3S/c15-7-4-8-17(11-14-9-16-12-18-14)10-13-5-2-1-3-6-13/h1-3,5-6,9,12H,4,7-8,10-11,15H2. The zero-order valence-electron chi connectivity index (χ0n) is 10.5. The molecule has 0 saturated heterocycles. The van der Waals surface area contributed by atoms with Gasteiger partial charge in [0.05, 0.1) is 5.51 Å². The van der Waals surface area contributed by atoms with Gasteiger partial charge in [-0.15, -0.1) is 11.3 Å². The molecule has 2 aromatic rings. The van der Waals surface area contributed by atoms with Gasteiger partial charge in [-0.1, -0.05) is 30.3 Å². The maximum absolute atomic E-state index is 5.61. The molecule has 0 aliphatic carbocycles. The molecule has 0 unspecified atom stereocenters. The van der Waals surface area contributed by atoms with Crippen molar-refractivity contribution in [1.29, 1.82) is 0 Å². The molecule has 0 saturated carbocycles. The maximum atomic E-state index is 5.61. The lowest BCUT2D eigenvalue weighted by Crippen LogP contribution is -2.25. The van der Waals surface area contributed by atoms with Gasteiger partial charge in [0.15, 0.2) is 0 Å². The van der Waals surface area contributed by atoms with Crippen molar-refractivity contribution in [2.24, 2.45) is 5.73 Å². The van der Waals surface area contributed by atoms with Gasteiger partial charge < -0.3 is 5.73 Å². The predicted molar refractivity (Wildman–Crippen MR) is 76.3 cm³/mol. The Morgan fingerprint density at radius 1 is 1.17 bits per heavy atom. The first-order valence-corrected chi connectivity index (χ1v) is 7.10. The van der Waals surface area contributed by atoms with Crippen LogP contribution < -0.4 is 5.73 Å². The van der Waals surface area contributed by atoms with E-state index in [0.29, 0.717) is 0 Å². The van der Waals surface area contributed by atoms with E-state index in [4.69, 9.17) is 5.73 Å². The number of thiazole rings is 1. The highest BCUT2D eigenvalue weighted by atomic mass is 32.1. The van der Waals surface area contributed by atoms with Gasteiger partial charge in [0.2, 0.25) is 0 Å². The molecule has 3 nitrogen and oxygen atoms in total. The van der Waals surface area contributed by atoms with E-state index < -0.39 is 0 Å². The number of hydrogen-bond donors (Lipinski definition) is 1. The van der Waals surface area contributed by atoms with Crippen LogP contribution in [0.4, 0.5) is 0 Å². The highest BCUT2D eigenvalue weighted by Gasteiger charge is 2.07. The molecule has 0 aliphatic rings. The quantitative estimate of drug-likeness (QED) is 0.832. The van der Waals surface area contributed by atoms with Gasteiger partial charge in [-0.05, 0) is 18.5 Å². The summed E-state index contributed by atoms with van der Waals surface area (Å²) < 4.78 is 0. The van der Waals surface area contributed by atoms with Crippen LogP contribution in [0.25, 0.3) is 0 Å². The Hall–Kier alpha value is -1.23. The third-order valence-corrected chi connectivity index (χ3v) is 3.55. The summed E-state index contributed by atoms with van der Waals surface area (Å²) in [5, 5.41) is 0. The number of nitrogens with zero attached hydrogens (tertiary/aromatic N) is 2. The molecule has 0 radical (unpaired) electrons. The second kappa shape index (κ2) is 7.26. The van der Waals surface area contributed by atoms with E-state index in [9.17, 15) is 0 Å². The van der Waals surface area contributed by atoms with Gasteiger partial charge >= 0.3 is 0 Å². The molecule has 1 heterocycles. The van der Waals surface area contributed by atoms with Crippen LogP contribution in [0.1, 0.15) is 16.9 Å². The molecule has 18 heavy (non-hydrogen) atoms. The molecule has 0 fully saturated rings. The summed E-state index contributed by atoms with van der Waals surface area (Å²) in [6.07, 6.45) is 2.98. The minimum atomic E-state index is 0.744. The monoisotopic (exact) mass is 261 g/mol. The van der Waals surface area contributed by atoms with Crippen LogP contribution in [-0.4, -0.2) is 23.0 Å². The van der Waals surface area contributed by atoms with E-state index in [-0.39, 0.29) is 0 Å². The van der Waals surface area contributed by atoms with Crippen molar-refractivity contribution in [3.63, 3.8) is 0 Å². The molecule has 0 spiro atoms. The van der Waals surface area contributed by atoms with Gasteiger partial charge in [-0.2, -0.15) is 0 Å². The first-order chi connectivity index (χ1) is 8.88. The topological polar surface area (TPSA) is 42.1 Å². The average Bonchev–Trinajstić information content (AvgIpc) is 2.90. The molecular formula is C14H19N3S. The molecule has 96 valence electrons. The van der Waals surface area contributed by atoms with Gasteiger partial charge in [-0.3, -0.25) is 9.88 Å². The normalized spacial score (nSPS) is 11.0. The summed E-state index contributed by atoms with van der Waals surface area (Å²) in [6.45, 7) is 3.70. The molecule has 1 aromatic heterocycles. The second-order valence-corrected chi connectivity index (χ2v) is 5.28. The summed E-state index contributed by atoms with van der Waals surface area (Å²) in [6, 6.07) is 10.6. The summed E-state index contributed by atoms with van der Waals surface area (Å²) in [5.74, 6) is 0. The Balaban J connectivity index is 1.96. The smallest absolute Gasteiger partial charge is 0.0794 e. The van der Waals surface area contributed by atoms with E-state index in [2.05, 4.69) is 40.2 Å². The van der Waals surface area contributed by atoms with Crippen molar-refractivity contribution in [3.05, 3.63) is 52.5 Å². The molecule has 2 rings (SSSR count). The molecule has 0 bridgehead atoms. The highest BCUT2D eigenvalue weighted by molar-refractivity contribution is 7.09. The lowest BCUT2D eigenvalue weighted by molar-refractivity contribution is 0.257. The van der Waals surface area contributed by atoms with Gasteiger partial charge in [-0.25, -0.2) is 0 Å². The predicted octanol–water partition coefficient (Wildman–Crippen LogP) is 2.49. The minimum Gasteiger partial charge on any atom is -0.330 e. The first kappa shape index (κ1) is 13.2. The van der Waals surface area contributed by atoms with Crippen LogP contribution in [-0.2, 0) is 13.1 Å². The van der Waals surface area contributed by atoms with E-state index in [1.54, 1.807) is 11.3 Å². The number of aromatic nitrogens is 1. The van der Waals surface area contributed by atoms with E-state index in [1.807, 2.05) is 11.7 Å². The average molecular weight is 261 g/mol. The van der Waals surface area contributed by atoms with Gasteiger partial charge in [0, 0.05) is 30.7 Å². The van der Waals surface area contributed by atoms with Crippen molar-refractivity contribution in [3.8, 4) is 0 Å². The summed E-state index contributed by atoms with van der Waals surface area (Å²) >= 11 is 1.71. The van der Waals surface area contributed by atoms with Crippen molar-refractivity contribution < 1.29 is 0 Å².